The quantitative estimate of drug-likeness (QED) is 0.521. The summed E-state index contributed by atoms with van der Waals surface area (Å²) >= 11 is 0. The summed E-state index contributed by atoms with van der Waals surface area (Å²) in [6.07, 6.45) is 10.2. The summed E-state index contributed by atoms with van der Waals surface area (Å²) in [5.41, 5.74) is 2.33. The lowest BCUT2D eigenvalue weighted by atomic mass is 9.92. The third-order valence-corrected chi connectivity index (χ3v) is 6.23. The molecule has 3 aromatic rings. The number of carbonyl (C=O) groups is 1. The van der Waals surface area contributed by atoms with Crippen LogP contribution >= 0.6 is 0 Å². The maximum atomic E-state index is 11.8. The molecule has 1 aliphatic rings. The van der Waals surface area contributed by atoms with Crippen molar-refractivity contribution in [2.24, 2.45) is 0 Å². The van der Waals surface area contributed by atoms with Crippen molar-refractivity contribution in [2.45, 2.75) is 37.8 Å². The summed E-state index contributed by atoms with van der Waals surface area (Å²) < 4.78 is 11.9. The number of methoxy groups -OCH3 is 1. The van der Waals surface area contributed by atoms with Crippen molar-refractivity contribution in [1.29, 1.82) is 0 Å². The number of aliphatic hydroxyl groups excluding tert-OH is 1. The summed E-state index contributed by atoms with van der Waals surface area (Å²) in [5.74, 6) is 4.24. The van der Waals surface area contributed by atoms with E-state index in [9.17, 15) is 4.79 Å². The van der Waals surface area contributed by atoms with E-state index >= 15 is 0 Å². The Bertz CT molecular complexity index is 1220. The number of likely N-dealkylation sites (N-methyl/N-ethyl adjacent to an activating group) is 1. The summed E-state index contributed by atoms with van der Waals surface area (Å²) in [5, 5.41) is 13.2. The summed E-state index contributed by atoms with van der Waals surface area (Å²) in [7, 11) is 3.34. The second kappa shape index (κ2) is 10.4. The van der Waals surface area contributed by atoms with Gasteiger partial charge in [-0.15, -0.1) is 6.42 Å². The molecule has 8 nitrogen and oxygen atoms in total. The van der Waals surface area contributed by atoms with E-state index in [1.165, 1.54) is 6.33 Å². The Kier molecular flexibility index (Phi) is 7.14. The second-order valence-electron chi connectivity index (χ2n) is 8.30. The van der Waals surface area contributed by atoms with Crippen LogP contribution < -0.4 is 14.8 Å². The van der Waals surface area contributed by atoms with Gasteiger partial charge in [0.05, 0.1) is 18.7 Å². The third kappa shape index (κ3) is 5.05. The van der Waals surface area contributed by atoms with E-state index in [-0.39, 0.29) is 18.1 Å². The van der Waals surface area contributed by atoms with E-state index in [0.717, 1.165) is 47.8 Å². The Morgan fingerprint density at radius 2 is 2.00 bits per heavy atom. The van der Waals surface area contributed by atoms with Gasteiger partial charge in [-0.3, -0.25) is 4.79 Å². The number of ether oxygens (including phenoxy) is 2. The first-order chi connectivity index (χ1) is 16.5. The fourth-order valence-corrected chi connectivity index (χ4v) is 4.28. The predicted molar refractivity (Wildman–Crippen MR) is 130 cm³/mol. The molecule has 1 amide bonds. The molecule has 0 bridgehead atoms. The van der Waals surface area contributed by atoms with E-state index in [1.54, 1.807) is 19.1 Å². The lowest BCUT2D eigenvalue weighted by Crippen LogP contribution is -2.42. The van der Waals surface area contributed by atoms with Crippen LogP contribution in [-0.2, 0) is 4.79 Å². The number of hydrogen-bond acceptors (Lipinski definition) is 7. The van der Waals surface area contributed by atoms with Crippen molar-refractivity contribution in [1.82, 2.24) is 14.9 Å². The highest BCUT2D eigenvalue weighted by atomic mass is 16.5. The summed E-state index contributed by atoms with van der Waals surface area (Å²) in [6, 6.07) is 11.4. The van der Waals surface area contributed by atoms with Gasteiger partial charge in [0.25, 0.3) is 0 Å². The van der Waals surface area contributed by atoms with Gasteiger partial charge in [0, 0.05) is 35.8 Å². The molecule has 176 valence electrons. The number of hydrogen-bond donors (Lipinski definition) is 2. The zero-order valence-corrected chi connectivity index (χ0v) is 19.3. The topological polar surface area (TPSA) is 96.8 Å². The standard InChI is InChI=1S/C26H28N4O4/c1-4-17-6-5-7-18(12-17)29-26-21-13-24(23(33-3)14-22(21)27-16-28-26)34-20-10-8-19(9-11-20)30(2)25(32)15-31/h1,5-7,12-14,16,19-20,31H,8-11,15H2,2-3H3,(H,27,28,29)/t19-,20-. The van der Waals surface area contributed by atoms with Gasteiger partial charge >= 0.3 is 0 Å². The molecular weight excluding hydrogens is 432 g/mol. The molecule has 4 rings (SSSR count). The minimum absolute atomic E-state index is 0.00595. The van der Waals surface area contributed by atoms with Gasteiger partial charge < -0.3 is 24.8 Å². The number of rotatable bonds is 7. The van der Waals surface area contributed by atoms with Crippen LogP contribution in [0.4, 0.5) is 11.5 Å². The highest BCUT2D eigenvalue weighted by molar-refractivity contribution is 5.93. The predicted octanol–water partition coefficient (Wildman–Crippen LogP) is 3.50. The molecule has 0 saturated heterocycles. The molecule has 1 aliphatic carbocycles. The average Bonchev–Trinajstić information content (AvgIpc) is 2.88. The number of amides is 1. The maximum Gasteiger partial charge on any atom is 0.248 e. The van der Waals surface area contributed by atoms with Gasteiger partial charge in [-0.1, -0.05) is 12.0 Å². The van der Waals surface area contributed by atoms with E-state index < -0.39 is 6.61 Å². The molecule has 0 spiro atoms. The van der Waals surface area contributed by atoms with Crippen LogP contribution in [-0.4, -0.2) is 58.8 Å². The Morgan fingerprint density at radius 1 is 1.21 bits per heavy atom. The van der Waals surface area contributed by atoms with Crippen LogP contribution in [0.15, 0.2) is 42.7 Å². The molecular formula is C26H28N4O4. The second-order valence-corrected chi connectivity index (χ2v) is 8.30. The van der Waals surface area contributed by atoms with Crippen LogP contribution in [0.5, 0.6) is 11.5 Å². The molecule has 34 heavy (non-hydrogen) atoms. The van der Waals surface area contributed by atoms with E-state index in [4.69, 9.17) is 21.0 Å². The number of aromatic nitrogens is 2. The molecule has 2 N–H and O–H groups in total. The molecule has 0 atom stereocenters. The van der Waals surface area contributed by atoms with Gasteiger partial charge in [-0.2, -0.15) is 0 Å². The average molecular weight is 461 g/mol. The summed E-state index contributed by atoms with van der Waals surface area (Å²) in [6.45, 7) is -0.466. The molecule has 8 heteroatoms. The van der Waals surface area contributed by atoms with Crippen molar-refractivity contribution in [3.05, 3.63) is 48.3 Å². The largest absolute Gasteiger partial charge is 0.493 e. The highest BCUT2D eigenvalue weighted by Crippen LogP contribution is 2.37. The first-order valence-electron chi connectivity index (χ1n) is 11.2. The van der Waals surface area contributed by atoms with Crippen LogP contribution in [0.1, 0.15) is 31.2 Å². The van der Waals surface area contributed by atoms with Gasteiger partial charge in [0.2, 0.25) is 5.91 Å². The van der Waals surface area contributed by atoms with E-state index in [2.05, 4.69) is 21.2 Å². The van der Waals surface area contributed by atoms with Gasteiger partial charge in [0.1, 0.15) is 18.8 Å². The normalized spacial score (nSPS) is 17.6. The number of nitrogens with one attached hydrogen (secondary N) is 1. The number of anilines is 2. The van der Waals surface area contributed by atoms with Crippen molar-refractivity contribution < 1.29 is 19.4 Å². The van der Waals surface area contributed by atoms with E-state index in [1.807, 2.05) is 36.4 Å². The Hall–Kier alpha value is -3.83. The smallest absolute Gasteiger partial charge is 0.248 e. The Balaban J connectivity index is 1.55. The van der Waals surface area contributed by atoms with Crippen molar-refractivity contribution >= 4 is 28.3 Å². The number of aliphatic hydroxyl groups is 1. The Morgan fingerprint density at radius 3 is 2.71 bits per heavy atom. The molecule has 0 radical (unpaired) electrons. The third-order valence-electron chi connectivity index (χ3n) is 6.23. The summed E-state index contributed by atoms with van der Waals surface area (Å²) in [4.78, 5) is 22.2. The molecule has 1 saturated carbocycles. The molecule has 1 heterocycles. The zero-order chi connectivity index (χ0) is 24.1. The van der Waals surface area contributed by atoms with Gasteiger partial charge in [-0.25, -0.2) is 9.97 Å². The molecule has 1 fully saturated rings. The van der Waals surface area contributed by atoms with Crippen LogP contribution in [0.3, 0.4) is 0 Å². The first kappa shape index (κ1) is 23.3. The van der Waals surface area contributed by atoms with E-state index in [0.29, 0.717) is 17.3 Å². The lowest BCUT2D eigenvalue weighted by molar-refractivity contribution is -0.135. The fraction of sp³-hybridized carbons (Fsp3) is 0.346. The number of terminal acetylenes is 1. The van der Waals surface area contributed by atoms with Crippen molar-refractivity contribution in [2.75, 3.05) is 26.1 Å². The van der Waals surface area contributed by atoms with Gasteiger partial charge in [-0.05, 0) is 49.9 Å². The highest BCUT2D eigenvalue weighted by Gasteiger charge is 2.28. The maximum absolute atomic E-state index is 11.8. The number of benzene rings is 2. The van der Waals surface area contributed by atoms with Crippen LogP contribution in [0.25, 0.3) is 10.9 Å². The molecule has 0 unspecified atom stereocenters. The molecule has 1 aromatic heterocycles. The zero-order valence-electron chi connectivity index (χ0n) is 19.3. The number of fused-ring (bicyclic) bond motifs is 1. The molecule has 2 aromatic carbocycles. The number of carbonyl (C=O) groups excluding carboxylic acids is 1. The SMILES string of the molecule is C#Cc1cccc(Nc2ncnc3cc(OC)c(O[C@H]4CC[C@H](N(C)C(=O)CO)CC4)cc23)c1. The monoisotopic (exact) mass is 460 g/mol. The Labute approximate surface area is 198 Å². The minimum atomic E-state index is -0.466. The fourth-order valence-electron chi connectivity index (χ4n) is 4.28. The van der Waals surface area contributed by atoms with Crippen molar-refractivity contribution in [3.8, 4) is 23.8 Å². The first-order valence-corrected chi connectivity index (χ1v) is 11.2. The lowest BCUT2D eigenvalue weighted by Gasteiger charge is -2.34. The van der Waals surface area contributed by atoms with Crippen LogP contribution in [0.2, 0.25) is 0 Å². The van der Waals surface area contributed by atoms with Crippen molar-refractivity contribution in [3.63, 3.8) is 0 Å². The minimum Gasteiger partial charge on any atom is -0.493 e. The van der Waals surface area contributed by atoms with Gasteiger partial charge in [0.15, 0.2) is 11.5 Å². The number of nitrogens with zero attached hydrogens (tertiary/aromatic N) is 3. The molecule has 0 aliphatic heterocycles. The van der Waals surface area contributed by atoms with Crippen LogP contribution in [0, 0.1) is 12.3 Å².